The summed E-state index contributed by atoms with van der Waals surface area (Å²) >= 11 is 1.55. The minimum Gasteiger partial charge on any atom is -0.372 e. The third kappa shape index (κ3) is 4.13. The smallest absolute Gasteiger partial charge is 0.274 e. The van der Waals surface area contributed by atoms with E-state index in [1.807, 2.05) is 52.9 Å². The van der Waals surface area contributed by atoms with Crippen molar-refractivity contribution in [2.75, 3.05) is 20.1 Å². The first-order chi connectivity index (χ1) is 15.5. The first-order valence-electron chi connectivity index (χ1n) is 10.9. The van der Waals surface area contributed by atoms with Gasteiger partial charge in [0.05, 0.1) is 29.1 Å². The Balaban J connectivity index is 1.39. The maximum atomic E-state index is 13.4. The summed E-state index contributed by atoms with van der Waals surface area (Å²) < 4.78 is 7.84. The Morgan fingerprint density at radius 2 is 1.91 bits per heavy atom. The van der Waals surface area contributed by atoms with Crippen LogP contribution in [0.1, 0.15) is 35.7 Å². The van der Waals surface area contributed by atoms with Gasteiger partial charge >= 0.3 is 0 Å². The molecular weight excluding hydrogens is 422 g/mol. The summed E-state index contributed by atoms with van der Waals surface area (Å²) in [5.74, 6) is -0.0184. The highest BCUT2D eigenvalue weighted by molar-refractivity contribution is 7.15. The zero-order valence-corrected chi connectivity index (χ0v) is 19.4. The Morgan fingerprint density at radius 1 is 1.12 bits per heavy atom. The highest BCUT2D eigenvalue weighted by Gasteiger charge is 2.30. The molecule has 4 heterocycles. The van der Waals surface area contributed by atoms with Crippen LogP contribution in [0.25, 0.3) is 15.9 Å². The lowest BCUT2D eigenvalue weighted by atomic mass is 10.2. The lowest BCUT2D eigenvalue weighted by Crippen LogP contribution is -2.48. The molecule has 0 N–H and O–H groups in total. The predicted octanol–water partition coefficient (Wildman–Crippen LogP) is 3.83. The molecule has 3 aromatic heterocycles. The second-order valence-corrected chi connectivity index (χ2v) is 9.47. The van der Waals surface area contributed by atoms with Crippen LogP contribution in [0.4, 0.5) is 0 Å². The van der Waals surface area contributed by atoms with Crippen LogP contribution in [0.2, 0.25) is 0 Å². The molecule has 4 aromatic rings. The maximum Gasteiger partial charge on any atom is 0.274 e. The summed E-state index contributed by atoms with van der Waals surface area (Å²) in [6.45, 7) is 6.47. The van der Waals surface area contributed by atoms with Crippen LogP contribution >= 0.6 is 11.3 Å². The number of thiazole rings is 1. The van der Waals surface area contributed by atoms with Gasteiger partial charge in [-0.25, -0.2) is 4.98 Å². The molecule has 0 bridgehead atoms. The summed E-state index contributed by atoms with van der Waals surface area (Å²) in [6, 6.07) is 12.3. The zero-order chi connectivity index (χ0) is 22.2. The van der Waals surface area contributed by atoms with E-state index in [4.69, 9.17) is 14.7 Å². The predicted molar refractivity (Wildman–Crippen MR) is 126 cm³/mol. The Hall–Kier alpha value is -2.81. The second-order valence-electron chi connectivity index (χ2n) is 8.60. The number of carbonyl (C=O) groups is 1. The fourth-order valence-corrected chi connectivity index (χ4v) is 5.17. The average Bonchev–Trinajstić information content (AvgIpc) is 3.35. The summed E-state index contributed by atoms with van der Waals surface area (Å²) in [7, 11) is 2.05. The molecule has 1 aliphatic heterocycles. The summed E-state index contributed by atoms with van der Waals surface area (Å²) in [6.07, 6.45) is 2.04. The summed E-state index contributed by atoms with van der Waals surface area (Å²) in [4.78, 5) is 27.8. The van der Waals surface area contributed by atoms with Crippen molar-refractivity contribution in [2.24, 2.45) is 0 Å². The van der Waals surface area contributed by atoms with Gasteiger partial charge in [-0.05, 0) is 33.0 Å². The molecule has 1 fully saturated rings. The molecular formula is C24H27N5O2S. The number of pyridine rings is 1. The maximum absolute atomic E-state index is 13.4. The fourth-order valence-electron chi connectivity index (χ4n) is 4.43. The molecule has 1 saturated heterocycles. The normalized spacial score (nSPS) is 19.3. The molecule has 166 valence electrons. The van der Waals surface area contributed by atoms with Crippen molar-refractivity contribution in [3.8, 4) is 0 Å². The first kappa shape index (κ1) is 21.1. The van der Waals surface area contributed by atoms with Crippen molar-refractivity contribution in [3.63, 3.8) is 0 Å². The van der Waals surface area contributed by atoms with Crippen LogP contribution in [0.3, 0.4) is 0 Å². The van der Waals surface area contributed by atoms with Gasteiger partial charge in [-0.15, -0.1) is 11.3 Å². The Morgan fingerprint density at radius 3 is 2.72 bits per heavy atom. The van der Waals surface area contributed by atoms with Gasteiger partial charge in [-0.3, -0.25) is 19.1 Å². The third-order valence-corrected chi connectivity index (χ3v) is 6.53. The van der Waals surface area contributed by atoms with Crippen LogP contribution in [0.5, 0.6) is 0 Å². The quantitative estimate of drug-likeness (QED) is 0.463. The van der Waals surface area contributed by atoms with Crippen LogP contribution in [0, 0.1) is 0 Å². The third-order valence-electron chi connectivity index (χ3n) is 5.78. The Kier molecular flexibility index (Phi) is 5.67. The minimum atomic E-state index is -0.0184. The number of imidazole rings is 1. The highest BCUT2D eigenvalue weighted by atomic mass is 32.1. The van der Waals surface area contributed by atoms with Crippen molar-refractivity contribution in [1.29, 1.82) is 0 Å². The molecule has 7 nitrogen and oxygen atoms in total. The van der Waals surface area contributed by atoms with E-state index in [2.05, 4.69) is 30.1 Å². The van der Waals surface area contributed by atoms with Crippen LogP contribution < -0.4 is 0 Å². The number of benzene rings is 1. The van der Waals surface area contributed by atoms with E-state index in [1.54, 1.807) is 11.3 Å². The monoisotopic (exact) mass is 449 g/mol. The molecule has 5 rings (SSSR count). The van der Waals surface area contributed by atoms with Gasteiger partial charge < -0.3 is 9.64 Å². The number of morpholine rings is 1. The van der Waals surface area contributed by atoms with Gasteiger partial charge in [0, 0.05) is 43.1 Å². The lowest BCUT2D eigenvalue weighted by molar-refractivity contribution is -0.0587. The van der Waals surface area contributed by atoms with E-state index in [0.29, 0.717) is 31.9 Å². The molecule has 2 atom stereocenters. The molecule has 0 spiro atoms. The van der Waals surface area contributed by atoms with Crippen LogP contribution in [0.15, 0.2) is 48.0 Å². The molecule has 0 radical (unpaired) electrons. The van der Waals surface area contributed by atoms with Crippen LogP contribution in [-0.4, -0.2) is 62.4 Å². The van der Waals surface area contributed by atoms with E-state index in [1.165, 1.54) is 0 Å². The zero-order valence-electron chi connectivity index (χ0n) is 18.6. The Labute approximate surface area is 191 Å². The average molecular weight is 450 g/mol. The van der Waals surface area contributed by atoms with Crippen molar-refractivity contribution < 1.29 is 9.53 Å². The van der Waals surface area contributed by atoms with Gasteiger partial charge in [0.2, 0.25) is 0 Å². The standard InChI is InChI=1S/C24H27N5O2S/c1-16-12-28(13-17(2)31-16)23(30)22-21(29-10-11-32-24(29)26-22)15-27(3)14-19-9-8-18-6-4-5-7-20(18)25-19/h4-11,16-17H,12-15H2,1-3H3/t16-,17+. The number of aromatic nitrogens is 3. The van der Waals surface area contributed by atoms with E-state index < -0.39 is 0 Å². The molecule has 0 aliphatic carbocycles. The first-order valence-corrected chi connectivity index (χ1v) is 11.8. The molecule has 1 aliphatic rings. The largest absolute Gasteiger partial charge is 0.372 e. The van der Waals surface area contributed by atoms with Gasteiger partial charge in [-0.2, -0.15) is 0 Å². The van der Waals surface area contributed by atoms with Crippen molar-refractivity contribution in [2.45, 2.75) is 39.1 Å². The number of hydrogen-bond donors (Lipinski definition) is 0. The number of nitrogens with zero attached hydrogens (tertiary/aromatic N) is 5. The number of amides is 1. The van der Waals surface area contributed by atoms with Crippen LogP contribution in [-0.2, 0) is 17.8 Å². The van der Waals surface area contributed by atoms with Crippen molar-refractivity contribution >= 4 is 33.1 Å². The lowest BCUT2D eigenvalue weighted by Gasteiger charge is -2.35. The van der Waals surface area contributed by atoms with E-state index in [0.717, 1.165) is 27.3 Å². The van der Waals surface area contributed by atoms with Gasteiger partial charge in [0.15, 0.2) is 10.7 Å². The SMILES string of the molecule is C[C@@H]1CN(C(=O)c2nc3sccn3c2CN(C)Cc2ccc3ccccc3n2)C[C@H](C)O1. The van der Waals surface area contributed by atoms with E-state index in [-0.39, 0.29) is 18.1 Å². The van der Waals surface area contributed by atoms with E-state index in [9.17, 15) is 4.79 Å². The second kappa shape index (κ2) is 8.61. The van der Waals surface area contributed by atoms with Crippen molar-refractivity contribution in [1.82, 2.24) is 24.2 Å². The summed E-state index contributed by atoms with van der Waals surface area (Å²) in [5, 5.41) is 3.14. The number of fused-ring (bicyclic) bond motifs is 2. The molecule has 0 unspecified atom stereocenters. The Bertz CT molecular complexity index is 1260. The molecule has 0 saturated carbocycles. The number of hydrogen-bond acceptors (Lipinski definition) is 6. The van der Waals surface area contributed by atoms with Gasteiger partial charge in [-0.1, -0.05) is 24.3 Å². The molecule has 32 heavy (non-hydrogen) atoms. The molecule has 8 heteroatoms. The summed E-state index contributed by atoms with van der Waals surface area (Å²) in [5.41, 5.74) is 3.45. The highest BCUT2D eigenvalue weighted by Crippen LogP contribution is 2.23. The number of ether oxygens (including phenoxy) is 1. The number of para-hydroxylation sites is 1. The number of rotatable bonds is 5. The minimum absolute atomic E-state index is 0.0184. The topological polar surface area (TPSA) is 63.0 Å². The van der Waals surface area contributed by atoms with Gasteiger partial charge in [0.1, 0.15) is 0 Å². The number of carbonyl (C=O) groups excluding carboxylic acids is 1. The van der Waals surface area contributed by atoms with Crippen molar-refractivity contribution in [3.05, 3.63) is 65.1 Å². The van der Waals surface area contributed by atoms with Gasteiger partial charge in [0.25, 0.3) is 5.91 Å². The molecule has 1 aromatic carbocycles. The fraction of sp³-hybridized carbons (Fsp3) is 0.375. The van der Waals surface area contributed by atoms with E-state index >= 15 is 0 Å². The molecule has 1 amide bonds.